The molecule has 1 saturated carbocycles. The van der Waals surface area contributed by atoms with Crippen molar-refractivity contribution in [1.29, 1.82) is 0 Å². The average Bonchev–Trinajstić information content (AvgIpc) is 3.19. The number of carbonyl (C=O) groups excluding carboxylic acids is 1. The fourth-order valence-corrected chi connectivity index (χ4v) is 4.17. The Bertz CT molecular complexity index is 479. The van der Waals surface area contributed by atoms with Gasteiger partial charge in [-0.3, -0.25) is 9.69 Å². The molecule has 2 nitrogen and oxygen atoms in total. The highest BCUT2D eigenvalue weighted by Crippen LogP contribution is 2.39. The fourth-order valence-electron chi connectivity index (χ4n) is 4.17. The van der Waals surface area contributed by atoms with E-state index in [0.29, 0.717) is 5.78 Å². The van der Waals surface area contributed by atoms with E-state index in [-0.39, 0.29) is 5.54 Å². The monoisotopic (exact) mass is 285 g/mol. The Kier molecular flexibility index (Phi) is 4.44. The SMILES string of the molecule is CCCc1ccc(C(=O)C2(N3CCCC3)CCCC2)cc1. The van der Waals surface area contributed by atoms with Gasteiger partial charge in [0.2, 0.25) is 0 Å². The molecule has 0 spiro atoms. The molecule has 2 aliphatic rings. The van der Waals surface area contributed by atoms with E-state index in [1.165, 1.54) is 31.2 Å². The molecule has 3 rings (SSSR count). The first-order valence-corrected chi connectivity index (χ1v) is 8.65. The molecule has 0 aromatic heterocycles. The molecule has 114 valence electrons. The van der Waals surface area contributed by atoms with E-state index in [1.807, 2.05) is 0 Å². The van der Waals surface area contributed by atoms with E-state index in [0.717, 1.165) is 44.3 Å². The summed E-state index contributed by atoms with van der Waals surface area (Å²) in [7, 11) is 0. The van der Waals surface area contributed by atoms with Crippen LogP contribution in [0.3, 0.4) is 0 Å². The van der Waals surface area contributed by atoms with Crippen LogP contribution in [0.5, 0.6) is 0 Å². The minimum atomic E-state index is -0.178. The van der Waals surface area contributed by atoms with Crippen LogP contribution >= 0.6 is 0 Å². The Morgan fingerprint density at radius 1 is 1.05 bits per heavy atom. The topological polar surface area (TPSA) is 20.3 Å². The lowest BCUT2D eigenvalue weighted by Gasteiger charge is -2.37. The third-order valence-electron chi connectivity index (χ3n) is 5.32. The van der Waals surface area contributed by atoms with Gasteiger partial charge < -0.3 is 0 Å². The van der Waals surface area contributed by atoms with Crippen molar-refractivity contribution in [1.82, 2.24) is 4.90 Å². The first kappa shape index (κ1) is 14.8. The van der Waals surface area contributed by atoms with Gasteiger partial charge in [0.05, 0.1) is 5.54 Å². The van der Waals surface area contributed by atoms with Crippen molar-refractivity contribution in [3.8, 4) is 0 Å². The van der Waals surface area contributed by atoms with Crippen molar-refractivity contribution < 1.29 is 4.79 Å². The van der Waals surface area contributed by atoms with Crippen molar-refractivity contribution in [3.63, 3.8) is 0 Å². The van der Waals surface area contributed by atoms with Crippen LogP contribution in [-0.2, 0) is 6.42 Å². The second-order valence-electron chi connectivity index (χ2n) is 6.71. The van der Waals surface area contributed by atoms with E-state index in [4.69, 9.17) is 0 Å². The molecule has 21 heavy (non-hydrogen) atoms. The van der Waals surface area contributed by atoms with Crippen molar-refractivity contribution in [2.24, 2.45) is 0 Å². The molecular weight excluding hydrogens is 258 g/mol. The molecular formula is C19H27NO. The van der Waals surface area contributed by atoms with Crippen molar-refractivity contribution in [2.75, 3.05) is 13.1 Å². The zero-order valence-electron chi connectivity index (χ0n) is 13.2. The van der Waals surface area contributed by atoms with Crippen LogP contribution in [-0.4, -0.2) is 29.3 Å². The van der Waals surface area contributed by atoms with Gasteiger partial charge in [0.25, 0.3) is 0 Å². The molecule has 1 aliphatic heterocycles. The number of hydrogen-bond acceptors (Lipinski definition) is 2. The Hall–Kier alpha value is -1.15. The van der Waals surface area contributed by atoms with Crippen LogP contribution in [0.25, 0.3) is 0 Å². The van der Waals surface area contributed by atoms with E-state index in [2.05, 4.69) is 36.1 Å². The molecule has 1 heterocycles. The minimum absolute atomic E-state index is 0.178. The molecule has 0 unspecified atom stereocenters. The summed E-state index contributed by atoms with van der Waals surface area (Å²) in [6.45, 7) is 4.42. The molecule has 0 atom stereocenters. The van der Waals surface area contributed by atoms with Crippen LogP contribution in [0, 0.1) is 0 Å². The summed E-state index contributed by atoms with van der Waals surface area (Å²) in [6, 6.07) is 8.40. The summed E-state index contributed by atoms with van der Waals surface area (Å²) in [5, 5.41) is 0. The normalized spacial score (nSPS) is 21.8. The number of hydrogen-bond donors (Lipinski definition) is 0. The quantitative estimate of drug-likeness (QED) is 0.755. The van der Waals surface area contributed by atoms with Crippen LogP contribution < -0.4 is 0 Å². The van der Waals surface area contributed by atoms with Gasteiger partial charge in [0.1, 0.15) is 0 Å². The average molecular weight is 285 g/mol. The molecule has 2 heteroatoms. The van der Waals surface area contributed by atoms with Crippen LogP contribution in [0.15, 0.2) is 24.3 Å². The Morgan fingerprint density at radius 3 is 2.24 bits per heavy atom. The number of aryl methyl sites for hydroxylation is 1. The molecule has 1 aliphatic carbocycles. The molecule has 1 aromatic rings. The van der Waals surface area contributed by atoms with Gasteiger partial charge in [-0.2, -0.15) is 0 Å². The minimum Gasteiger partial charge on any atom is -0.292 e. The van der Waals surface area contributed by atoms with Gasteiger partial charge >= 0.3 is 0 Å². The van der Waals surface area contributed by atoms with Gasteiger partial charge in [-0.05, 0) is 50.8 Å². The highest BCUT2D eigenvalue weighted by Gasteiger charge is 2.46. The standard InChI is InChI=1S/C19H27NO/c1-2-7-16-8-10-17(11-9-16)18(21)19(12-3-4-13-19)20-14-5-6-15-20/h8-11H,2-7,12-15H2,1H3. The number of nitrogens with zero attached hydrogens (tertiary/aromatic N) is 1. The third kappa shape index (κ3) is 2.78. The van der Waals surface area contributed by atoms with Crippen molar-refractivity contribution >= 4 is 5.78 Å². The van der Waals surface area contributed by atoms with E-state index >= 15 is 0 Å². The van der Waals surface area contributed by atoms with Crippen molar-refractivity contribution in [2.45, 2.75) is 63.8 Å². The summed E-state index contributed by atoms with van der Waals surface area (Å²) in [6.07, 6.45) is 9.29. The van der Waals surface area contributed by atoms with Gasteiger partial charge in [-0.15, -0.1) is 0 Å². The van der Waals surface area contributed by atoms with Gasteiger partial charge in [0.15, 0.2) is 5.78 Å². The highest BCUT2D eigenvalue weighted by molar-refractivity contribution is 6.03. The van der Waals surface area contributed by atoms with Gasteiger partial charge in [0, 0.05) is 5.56 Å². The zero-order valence-corrected chi connectivity index (χ0v) is 13.2. The van der Waals surface area contributed by atoms with Gasteiger partial charge in [-0.1, -0.05) is 50.5 Å². The maximum atomic E-state index is 13.2. The summed E-state index contributed by atoms with van der Waals surface area (Å²) >= 11 is 0. The highest BCUT2D eigenvalue weighted by atomic mass is 16.1. The summed E-state index contributed by atoms with van der Waals surface area (Å²) < 4.78 is 0. The predicted octanol–water partition coefficient (Wildman–Crippen LogP) is 4.23. The number of benzene rings is 1. The molecule has 2 fully saturated rings. The number of Topliss-reactive ketones (excluding diaryl/α,β-unsaturated/α-hetero) is 1. The maximum Gasteiger partial charge on any atom is 0.183 e. The van der Waals surface area contributed by atoms with E-state index in [1.54, 1.807) is 0 Å². The molecule has 0 amide bonds. The maximum absolute atomic E-state index is 13.2. The first-order valence-electron chi connectivity index (χ1n) is 8.65. The van der Waals surface area contributed by atoms with Gasteiger partial charge in [-0.25, -0.2) is 0 Å². The number of rotatable bonds is 5. The zero-order chi connectivity index (χ0) is 14.7. The summed E-state index contributed by atoms with van der Waals surface area (Å²) in [5.41, 5.74) is 2.09. The fraction of sp³-hybridized carbons (Fsp3) is 0.632. The number of ketones is 1. The van der Waals surface area contributed by atoms with E-state index < -0.39 is 0 Å². The summed E-state index contributed by atoms with van der Waals surface area (Å²) in [5.74, 6) is 0.380. The molecule has 0 bridgehead atoms. The lowest BCUT2D eigenvalue weighted by atomic mass is 9.85. The van der Waals surface area contributed by atoms with Crippen LogP contribution in [0.2, 0.25) is 0 Å². The second kappa shape index (κ2) is 6.31. The summed E-state index contributed by atoms with van der Waals surface area (Å²) in [4.78, 5) is 15.7. The number of likely N-dealkylation sites (tertiary alicyclic amines) is 1. The van der Waals surface area contributed by atoms with Crippen LogP contribution in [0.1, 0.15) is 67.8 Å². The molecule has 0 N–H and O–H groups in total. The molecule has 0 radical (unpaired) electrons. The van der Waals surface area contributed by atoms with Crippen LogP contribution in [0.4, 0.5) is 0 Å². The Morgan fingerprint density at radius 2 is 1.67 bits per heavy atom. The predicted molar refractivity (Wildman–Crippen MR) is 86.8 cm³/mol. The smallest absolute Gasteiger partial charge is 0.183 e. The van der Waals surface area contributed by atoms with E-state index in [9.17, 15) is 4.79 Å². The lowest BCUT2D eigenvalue weighted by molar-refractivity contribution is 0.0626. The second-order valence-corrected chi connectivity index (χ2v) is 6.71. The lowest BCUT2D eigenvalue weighted by Crippen LogP contribution is -2.51. The third-order valence-corrected chi connectivity index (χ3v) is 5.32. The molecule has 1 saturated heterocycles. The number of carbonyl (C=O) groups is 1. The largest absolute Gasteiger partial charge is 0.292 e. The van der Waals surface area contributed by atoms with Crippen molar-refractivity contribution in [3.05, 3.63) is 35.4 Å². The molecule has 1 aromatic carbocycles. The Labute approximate surface area is 128 Å². The Balaban J connectivity index is 1.83. The first-order chi connectivity index (χ1) is 10.3.